The predicted molar refractivity (Wildman–Crippen MR) is 112 cm³/mol. The van der Waals surface area contributed by atoms with Crippen LogP contribution in [0.2, 0.25) is 0 Å². The largest absolute Gasteiger partial charge is 0.310 e. The van der Waals surface area contributed by atoms with Gasteiger partial charge in [-0.1, -0.05) is 50.7 Å². The fourth-order valence-corrected chi connectivity index (χ4v) is 3.45. The SMILES string of the molecule is CC(C)n1cnnc1SCC(=O)Nc1cc(C(C)(C)C)nn1-c1ccccc1. The lowest BCUT2D eigenvalue weighted by atomic mass is 9.92. The van der Waals surface area contributed by atoms with Gasteiger partial charge in [0.2, 0.25) is 5.91 Å². The second-order valence-electron chi connectivity index (χ2n) is 7.86. The Balaban J connectivity index is 1.78. The summed E-state index contributed by atoms with van der Waals surface area (Å²) in [6.45, 7) is 10.4. The number of aromatic nitrogens is 5. The summed E-state index contributed by atoms with van der Waals surface area (Å²) in [7, 11) is 0. The van der Waals surface area contributed by atoms with E-state index in [0.717, 1.165) is 16.5 Å². The van der Waals surface area contributed by atoms with Crippen LogP contribution >= 0.6 is 11.8 Å². The maximum atomic E-state index is 12.6. The normalized spacial score (nSPS) is 11.8. The molecular weight excluding hydrogens is 372 g/mol. The lowest BCUT2D eigenvalue weighted by molar-refractivity contribution is -0.113. The molecule has 8 heteroatoms. The average molecular weight is 399 g/mol. The van der Waals surface area contributed by atoms with Gasteiger partial charge < -0.3 is 9.88 Å². The van der Waals surface area contributed by atoms with Gasteiger partial charge in [0, 0.05) is 17.5 Å². The standard InChI is InChI=1S/C20H26N6OS/c1-14(2)25-13-21-23-19(25)28-12-18(27)22-17-11-16(20(3,4)5)24-26(17)15-9-7-6-8-10-15/h6-11,13-14H,12H2,1-5H3,(H,22,27). The minimum absolute atomic E-state index is 0.110. The molecule has 0 spiro atoms. The minimum Gasteiger partial charge on any atom is -0.310 e. The van der Waals surface area contributed by atoms with E-state index in [4.69, 9.17) is 5.10 Å². The molecule has 0 bridgehead atoms. The number of para-hydroxylation sites is 1. The molecule has 3 rings (SSSR count). The number of hydrogen-bond donors (Lipinski definition) is 1. The van der Waals surface area contributed by atoms with Gasteiger partial charge in [-0.2, -0.15) is 5.10 Å². The van der Waals surface area contributed by atoms with Crippen molar-refractivity contribution in [2.24, 2.45) is 0 Å². The molecule has 0 atom stereocenters. The lowest BCUT2D eigenvalue weighted by Crippen LogP contribution is -2.17. The Morgan fingerprint density at radius 3 is 2.57 bits per heavy atom. The third-order valence-electron chi connectivity index (χ3n) is 4.17. The van der Waals surface area contributed by atoms with Crippen molar-refractivity contribution >= 4 is 23.5 Å². The number of benzene rings is 1. The molecule has 3 aromatic rings. The highest BCUT2D eigenvalue weighted by atomic mass is 32.2. The monoisotopic (exact) mass is 398 g/mol. The van der Waals surface area contributed by atoms with Crippen LogP contribution in [-0.4, -0.2) is 36.2 Å². The van der Waals surface area contributed by atoms with Gasteiger partial charge in [0.15, 0.2) is 5.16 Å². The molecule has 1 N–H and O–H groups in total. The van der Waals surface area contributed by atoms with E-state index in [1.54, 1.807) is 11.0 Å². The van der Waals surface area contributed by atoms with Crippen LogP contribution in [0.3, 0.4) is 0 Å². The zero-order chi connectivity index (χ0) is 20.3. The molecule has 0 radical (unpaired) electrons. The summed E-state index contributed by atoms with van der Waals surface area (Å²) in [5.41, 5.74) is 1.70. The van der Waals surface area contributed by atoms with Crippen LogP contribution in [0.15, 0.2) is 47.9 Å². The maximum absolute atomic E-state index is 12.6. The van der Waals surface area contributed by atoms with Gasteiger partial charge in [-0.3, -0.25) is 4.79 Å². The predicted octanol–water partition coefficient (Wildman–Crippen LogP) is 4.07. The van der Waals surface area contributed by atoms with Crippen molar-refractivity contribution in [3.8, 4) is 5.69 Å². The molecule has 7 nitrogen and oxygen atoms in total. The van der Waals surface area contributed by atoms with Crippen LogP contribution in [0.1, 0.15) is 46.4 Å². The van der Waals surface area contributed by atoms with Gasteiger partial charge in [0.1, 0.15) is 12.1 Å². The lowest BCUT2D eigenvalue weighted by Gasteiger charge is -2.14. The van der Waals surface area contributed by atoms with Crippen LogP contribution in [0, 0.1) is 0 Å². The van der Waals surface area contributed by atoms with Crippen molar-refractivity contribution < 1.29 is 4.79 Å². The van der Waals surface area contributed by atoms with Crippen LogP contribution in [0.4, 0.5) is 5.82 Å². The number of nitrogens with one attached hydrogen (secondary N) is 1. The Labute approximate surface area is 169 Å². The molecule has 28 heavy (non-hydrogen) atoms. The van der Waals surface area contributed by atoms with Gasteiger partial charge >= 0.3 is 0 Å². The summed E-state index contributed by atoms with van der Waals surface area (Å²) in [6, 6.07) is 12.0. The molecule has 0 aliphatic heterocycles. The zero-order valence-electron chi connectivity index (χ0n) is 16.9. The molecule has 2 aromatic heterocycles. The first-order chi connectivity index (χ1) is 13.3. The van der Waals surface area contributed by atoms with E-state index in [0.29, 0.717) is 5.82 Å². The van der Waals surface area contributed by atoms with E-state index in [1.165, 1.54) is 11.8 Å². The molecule has 1 amide bonds. The maximum Gasteiger partial charge on any atom is 0.236 e. The number of thioether (sulfide) groups is 1. The van der Waals surface area contributed by atoms with Crippen molar-refractivity contribution in [1.82, 2.24) is 24.5 Å². The van der Waals surface area contributed by atoms with Crippen LogP contribution < -0.4 is 5.32 Å². The molecular formula is C20H26N6OS. The van der Waals surface area contributed by atoms with Gasteiger partial charge in [0.05, 0.1) is 17.1 Å². The van der Waals surface area contributed by atoms with Crippen molar-refractivity contribution in [3.05, 3.63) is 48.4 Å². The van der Waals surface area contributed by atoms with Crippen LogP contribution in [0.25, 0.3) is 5.69 Å². The number of carbonyl (C=O) groups excluding carboxylic acids is 1. The topological polar surface area (TPSA) is 77.6 Å². The molecule has 0 aliphatic carbocycles. The highest BCUT2D eigenvalue weighted by Gasteiger charge is 2.21. The second-order valence-corrected chi connectivity index (χ2v) is 8.81. The van der Waals surface area contributed by atoms with Gasteiger partial charge in [-0.25, -0.2) is 4.68 Å². The second kappa shape index (κ2) is 8.18. The molecule has 0 fully saturated rings. The summed E-state index contributed by atoms with van der Waals surface area (Å²) in [5, 5.41) is 16.5. The van der Waals surface area contributed by atoms with E-state index < -0.39 is 0 Å². The fourth-order valence-electron chi connectivity index (χ4n) is 2.60. The van der Waals surface area contributed by atoms with Gasteiger partial charge in [-0.05, 0) is 26.0 Å². The molecule has 1 aromatic carbocycles. The number of anilines is 1. The number of nitrogens with zero attached hydrogens (tertiary/aromatic N) is 5. The zero-order valence-corrected chi connectivity index (χ0v) is 17.7. The van der Waals surface area contributed by atoms with Crippen molar-refractivity contribution in [2.75, 3.05) is 11.1 Å². The van der Waals surface area contributed by atoms with E-state index >= 15 is 0 Å². The van der Waals surface area contributed by atoms with Gasteiger partial charge in [0.25, 0.3) is 0 Å². The Kier molecular flexibility index (Phi) is 5.88. The van der Waals surface area contributed by atoms with Crippen molar-refractivity contribution in [3.63, 3.8) is 0 Å². The van der Waals surface area contributed by atoms with E-state index in [1.807, 2.05) is 41.0 Å². The Bertz CT molecular complexity index is 939. The quantitative estimate of drug-likeness (QED) is 0.633. The summed E-state index contributed by atoms with van der Waals surface area (Å²) < 4.78 is 3.73. The highest BCUT2D eigenvalue weighted by Crippen LogP contribution is 2.26. The Morgan fingerprint density at radius 1 is 1.21 bits per heavy atom. The third kappa shape index (κ3) is 4.62. The Hall–Kier alpha value is -2.61. The first-order valence-corrected chi connectivity index (χ1v) is 10.2. The molecule has 148 valence electrons. The minimum atomic E-state index is -0.123. The van der Waals surface area contributed by atoms with Crippen LogP contribution in [-0.2, 0) is 10.2 Å². The summed E-state index contributed by atoms with van der Waals surface area (Å²) in [5.74, 6) is 0.795. The van der Waals surface area contributed by atoms with Gasteiger partial charge in [-0.15, -0.1) is 10.2 Å². The van der Waals surface area contributed by atoms with Crippen molar-refractivity contribution in [2.45, 2.75) is 51.2 Å². The molecule has 2 heterocycles. The first-order valence-electron chi connectivity index (χ1n) is 9.24. The molecule has 0 saturated carbocycles. The number of rotatable bonds is 6. The smallest absolute Gasteiger partial charge is 0.236 e. The number of hydrogen-bond acceptors (Lipinski definition) is 5. The fraction of sp³-hybridized carbons (Fsp3) is 0.400. The summed E-state index contributed by atoms with van der Waals surface area (Å²) in [6.07, 6.45) is 1.69. The number of amides is 1. The first kappa shape index (κ1) is 20.1. The average Bonchev–Trinajstić information content (AvgIpc) is 3.27. The molecule has 0 saturated heterocycles. The highest BCUT2D eigenvalue weighted by molar-refractivity contribution is 7.99. The van der Waals surface area contributed by atoms with Crippen molar-refractivity contribution in [1.29, 1.82) is 0 Å². The molecule has 0 unspecified atom stereocenters. The third-order valence-corrected chi connectivity index (χ3v) is 5.13. The van der Waals surface area contributed by atoms with Crippen LogP contribution in [0.5, 0.6) is 0 Å². The molecule has 0 aliphatic rings. The summed E-state index contributed by atoms with van der Waals surface area (Å²) in [4.78, 5) is 12.6. The van der Waals surface area contributed by atoms with E-state index in [-0.39, 0.29) is 23.1 Å². The number of carbonyl (C=O) groups is 1. The van der Waals surface area contributed by atoms with E-state index in [2.05, 4.69) is 50.1 Å². The van der Waals surface area contributed by atoms with E-state index in [9.17, 15) is 4.79 Å². The summed E-state index contributed by atoms with van der Waals surface area (Å²) >= 11 is 1.37. The Morgan fingerprint density at radius 2 is 1.93 bits per heavy atom.